The third-order valence-electron chi connectivity index (χ3n) is 2.62. The third kappa shape index (κ3) is 5.07. The van der Waals surface area contributed by atoms with E-state index in [-0.39, 0.29) is 0 Å². The van der Waals surface area contributed by atoms with Gasteiger partial charge in [0.15, 0.2) is 9.76 Å². The minimum atomic E-state index is -0.459. The number of hydrogen-bond donors (Lipinski definition) is 0. The molecule has 4 heteroatoms. The summed E-state index contributed by atoms with van der Waals surface area (Å²) in [7, 11) is -0.459. The average Bonchev–Trinajstić information content (AvgIpc) is 2.49. The van der Waals surface area contributed by atoms with Crippen molar-refractivity contribution < 1.29 is 13.9 Å². The first-order valence-corrected chi connectivity index (χ1v) is 8.47. The zero-order chi connectivity index (χ0) is 14.0. The second kappa shape index (κ2) is 8.40. The minimum Gasteiger partial charge on any atom is -0.452 e. The summed E-state index contributed by atoms with van der Waals surface area (Å²) in [6.45, 7) is 2.60. The molecule has 2 aromatic carbocycles. The van der Waals surface area contributed by atoms with Crippen molar-refractivity contribution in [2.24, 2.45) is 0 Å². The normalized spacial score (nSPS) is 11.1. The Kier molecular flexibility index (Phi) is 6.14. The van der Waals surface area contributed by atoms with Gasteiger partial charge in [-0.15, -0.1) is 0 Å². The van der Waals surface area contributed by atoms with Crippen LogP contribution in [0.25, 0.3) is 0 Å². The molecule has 0 aromatic heterocycles. The molecule has 20 heavy (non-hydrogen) atoms. The fourth-order valence-corrected chi connectivity index (χ4v) is 2.37. The van der Waals surface area contributed by atoms with Gasteiger partial charge < -0.3 is 13.9 Å². The molecule has 106 valence electrons. The molecule has 0 aliphatic heterocycles. The fraction of sp³-hybridized carbons (Fsp3) is 0.250. The Labute approximate surface area is 122 Å². The Balaban J connectivity index is 1.96. The first-order valence-electron chi connectivity index (χ1n) is 6.89. The maximum Gasteiger partial charge on any atom is 0.262 e. The second-order valence-corrected chi connectivity index (χ2v) is 6.18. The maximum atomic E-state index is 5.84. The van der Waals surface area contributed by atoms with Gasteiger partial charge in [0.1, 0.15) is 18.1 Å². The van der Waals surface area contributed by atoms with Crippen molar-refractivity contribution in [3.05, 3.63) is 60.7 Å². The first kappa shape index (κ1) is 14.6. The van der Waals surface area contributed by atoms with Gasteiger partial charge >= 0.3 is 0 Å². The van der Waals surface area contributed by atoms with Gasteiger partial charge in [-0.1, -0.05) is 43.3 Å². The van der Waals surface area contributed by atoms with Crippen molar-refractivity contribution in [3.63, 3.8) is 0 Å². The number of ether oxygens (including phenoxy) is 2. The Bertz CT molecular complexity index is 434. The molecule has 0 unspecified atom stereocenters. The summed E-state index contributed by atoms with van der Waals surface area (Å²) in [5.41, 5.74) is 0. The van der Waals surface area contributed by atoms with Crippen LogP contribution >= 0.6 is 0 Å². The van der Waals surface area contributed by atoms with Gasteiger partial charge in [0.2, 0.25) is 0 Å². The number of para-hydroxylation sites is 2. The molecule has 3 nitrogen and oxygen atoms in total. The van der Waals surface area contributed by atoms with Crippen molar-refractivity contribution in [3.8, 4) is 11.5 Å². The van der Waals surface area contributed by atoms with Gasteiger partial charge in [0, 0.05) is 0 Å². The molecule has 2 aromatic rings. The first-order chi connectivity index (χ1) is 9.88. The summed E-state index contributed by atoms with van der Waals surface area (Å²) in [6, 6.07) is 20.5. The van der Waals surface area contributed by atoms with Gasteiger partial charge in [-0.25, -0.2) is 0 Å². The Hall–Kier alpha value is -1.78. The van der Waals surface area contributed by atoms with Crippen LogP contribution in [-0.4, -0.2) is 22.7 Å². The van der Waals surface area contributed by atoms with Crippen molar-refractivity contribution >= 4 is 9.76 Å². The van der Waals surface area contributed by atoms with Crippen LogP contribution in [0.15, 0.2) is 60.7 Å². The van der Waals surface area contributed by atoms with Crippen LogP contribution in [-0.2, 0) is 4.43 Å². The standard InChI is InChI=1S/C16H20O3Si/c1-2-20-17-13-16(18-14-9-5-3-6-10-14)19-15-11-7-4-8-12-15/h3-12,16H,2,13,20H2,1H3. The number of hydrogen-bond acceptors (Lipinski definition) is 3. The van der Waals surface area contributed by atoms with Crippen LogP contribution < -0.4 is 9.47 Å². The van der Waals surface area contributed by atoms with E-state index in [2.05, 4.69) is 6.92 Å². The smallest absolute Gasteiger partial charge is 0.262 e. The Morgan fingerprint density at radius 1 is 0.850 bits per heavy atom. The van der Waals surface area contributed by atoms with Crippen LogP contribution in [0, 0.1) is 0 Å². The van der Waals surface area contributed by atoms with Gasteiger partial charge in [-0.05, 0) is 30.3 Å². The van der Waals surface area contributed by atoms with Gasteiger partial charge in [0.25, 0.3) is 6.29 Å². The van der Waals surface area contributed by atoms with E-state index in [1.54, 1.807) is 0 Å². The molecule has 0 saturated heterocycles. The Morgan fingerprint density at radius 3 is 1.80 bits per heavy atom. The molecule has 0 saturated carbocycles. The predicted octanol–water partition coefficient (Wildman–Crippen LogP) is 3.01. The molecule has 0 aliphatic carbocycles. The van der Waals surface area contributed by atoms with Crippen LogP contribution in [0.5, 0.6) is 11.5 Å². The summed E-state index contributed by atoms with van der Waals surface area (Å²) < 4.78 is 17.4. The highest BCUT2D eigenvalue weighted by Crippen LogP contribution is 2.16. The zero-order valence-corrected chi connectivity index (χ0v) is 13.1. The molecule has 0 fully saturated rings. The fourth-order valence-electron chi connectivity index (χ4n) is 1.72. The molecule has 0 atom stereocenters. The molecule has 0 aliphatic rings. The summed E-state index contributed by atoms with van der Waals surface area (Å²) >= 11 is 0. The molecular weight excluding hydrogens is 268 g/mol. The van der Waals surface area contributed by atoms with Crippen LogP contribution in [0.4, 0.5) is 0 Å². The topological polar surface area (TPSA) is 27.7 Å². The summed E-state index contributed by atoms with van der Waals surface area (Å²) in [6.07, 6.45) is -0.418. The highest BCUT2D eigenvalue weighted by atomic mass is 28.2. The minimum absolute atomic E-state index is 0.418. The number of rotatable bonds is 8. The zero-order valence-electron chi connectivity index (χ0n) is 11.7. The molecule has 0 bridgehead atoms. The number of benzene rings is 2. The van der Waals surface area contributed by atoms with E-state index in [0.29, 0.717) is 6.61 Å². The molecule has 0 heterocycles. The van der Waals surface area contributed by atoms with Crippen LogP contribution in [0.3, 0.4) is 0 Å². The Morgan fingerprint density at radius 2 is 1.35 bits per heavy atom. The largest absolute Gasteiger partial charge is 0.452 e. The molecule has 2 rings (SSSR count). The lowest BCUT2D eigenvalue weighted by Gasteiger charge is -2.20. The lowest BCUT2D eigenvalue weighted by molar-refractivity contribution is -0.0272. The third-order valence-corrected chi connectivity index (χ3v) is 3.56. The molecule has 0 N–H and O–H groups in total. The van der Waals surface area contributed by atoms with E-state index in [0.717, 1.165) is 17.5 Å². The molecule has 0 amide bonds. The SMILES string of the molecule is CC[SiH2]OCC(Oc1ccccc1)Oc1ccccc1. The van der Waals surface area contributed by atoms with Gasteiger partial charge in [-0.2, -0.15) is 0 Å². The summed E-state index contributed by atoms with van der Waals surface area (Å²) in [4.78, 5) is 0. The van der Waals surface area contributed by atoms with E-state index in [1.807, 2.05) is 60.7 Å². The molecule has 0 radical (unpaired) electrons. The lowest BCUT2D eigenvalue weighted by Crippen LogP contribution is -2.30. The van der Waals surface area contributed by atoms with E-state index >= 15 is 0 Å². The van der Waals surface area contributed by atoms with Crippen molar-refractivity contribution in [2.75, 3.05) is 6.61 Å². The average molecular weight is 288 g/mol. The summed E-state index contributed by atoms with van der Waals surface area (Å²) in [5, 5.41) is 0. The van der Waals surface area contributed by atoms with E-state index in [4.69, 9.17) is 13.9 Å². The van der Waals surface area contributed by atoms with E-state index in [9.17, 15) is 0 Å². The second-order valence-electron chi connectivity index (χ2n) is 4.37. The van der Waals surface area contributed by atoms with Crippen LogP contribution in [0.2, 0.25) is 6.04 Å². The lowest BCUT2D eigenvalue weighted by atomic mass is 10.3. The molecule has 0 spiro atoms. The van der Waals surface area contributed by atoms with Gasteiger partial charge in [-0.3, -0.25) is 0 Å². The maximum absolute atomic E-state index is 5.84. The van der Waals surface area contributed by atoms with E-state index in [1.165, 1.54) is 0 Å². The van der Waals surface area contributed by atoms with Crippen molar-refractivity contribution in [2.45, 2.75) is 19.3 Å². The van der Waals surface area contributed by atoms with Gasteiger partial charge in [0.05, 0.1) is 0 Å². The highest BCUT2D eigenvalue weighted by molar-refractivity contribution is 6.26. The highest BCUT2D eigenvalue weighted by Gasteiger charge is 2.12. The summed E-state index contributed by atoms with van der Waals surface area (Å²) in [5.74, 6) is 1.57. The quantitative estimate of drug-likeness (QED) is 0.424. The monoisotopic (exact) mass is 288 g/mol. The molecular formula is C16H20O3Si. The van der Waals surface area contributed by atoms with Crippen LogP contribution in [0.1, 0.15) is 6.92 Å². The van der Waals surface area contributed by atoms with Crippen molar-refractivity contribution in [1.82, 2.24) is 0 Å². The predicted molar refractivity (Wildman–Crippen MR) is 82.9 cm³/mol. The van der Waals surface area contributed by atoms with Crippen molar-refractivity contribution in [1.29, 1.82) is 0 Å². The van der Waals surface area contributed by atoms with E-state index < -0.39 is 16.1 Å².